The number of aliphatic hydroxyl groups excluding tert-OH is 2. The fourth-order valence-corrected chi connectivity index (χ4v) is 2.08. The van der Waals surface area contributed by atoms with Crippen LogP contribution >= 0.6 is 0 Å². The van der Waals surface area contributed by atoms with Crippen LogP contribution < -0.4 is 4.72 Å². The smallest absolute Gasteiger partial charge is 0.465 e. The number of hydrogen-bond acceptors (Lipinski definition) is 7. The molecule has 0 bridgehead atoms. The van der Waals surface area contributed by atoms with Crippen LogP contribution in [0.5, 0.6) is 0 Å². The van der Waals surface area contributed by atoms with E-state index in [1.807, 2.05) is 0 Å². The summed E-state index contributed by atoms with van der Waals surface area (Å²) in [6.45, 7) is -0.456. The van der Waals surface area contributed by atoms with Gasteiger partial charge >= 0.3 is 21.5 Å². The van der Waals surface area contributed by atoms with E-state index in [1.165, 1.54) is 0 Å². The highest BCUT2D eigenvalue weighted by Gasteiger charge is 2.47. The SMILES string of the molecule is CCCC(CO)(CO)C(=O)OCCC(=O)NS(=O)(=O)C(F)(F)F. The van der Waals surface area contributed by atoms with Gasteiger partial charge in [-0.3, -0.25) is 9.59 Å². The third kappa shape index (κ3) is 5.95. The third-order valence-electron chi connectivity index (χ3n) is 2.88. The second-order valence-corrected chi connectivity index (χ2v) is 6.38. The van der Waals surface area contributed by atoms with Crippen LogP contribution in [0.2, 0.25) is 0 Å². The first kappa shape index (κ1) is 21.6. The summed E-state index contributed by atoms with van der Waals surface area (Å²) in [7, 11) is -5.81. The standard InChI is InChI=1S/C11H18F3NO7S/c1-2-4-10(6-16,7-17)9(19)22-5-3-8(18)15-23(20,21)11(12,13)14/h16-17H,2-7H2,1H3,(H,15,18). The Bertz CT molecular complexity index is 514. The van der Waals surface area contributed by atoms with Crippen molar-refractivity contribution in [1.29, 1.82) is 0 Å². The lowest BCUT2D eigenvalue weighted by Gasteiger charge is -2.26. The minimum absolute atomic E-state index is 0.0908. The van der Waals surface area contributed by atoms with E-state index >= 15 is 0 Å². The lowest BCUT2D eigenvalue weighted by atomic mass is 9.85. The third-order valence-corrected chi connectivity index (χ3v) is 3.99. The van der Waals surface area contributed by atoms with Gasteiger partial charge < -0.3 is 14.9 Å². The maximum atomic E-state index is 12.0. The van der Waals surface area contributed by atoms with Crippen molar-refractivity contribution in [2.45, 2.75) is 31.7 Å². The molecule has 12 heteroatoms. The average Bonchev–Trinajstić information content (AvgIpc) is 2.42. The van der Waals surface area contributed by atoms with Crippen molar-refractivity contribution in [2.75, 3.05) is 19.8 Å². The number of sulfonamides is 1. The molecular formula is C11H18F3NO7S. The van der Waals surface area contributed by atoms with Crippen LogP contribution in [0.3, 0.4) is 0 Å². The molecule has 0 aromatic heterocycles. The fourth-order valence-electron chi connectivity index (χ4n) is 1.57. The van der Waals surface area contributed by atoms with Crippen molar-refractivity contribution < 1.29 is 46.1 Å². The molecule has 0 heterocycles. The van der Waals surface area contributed by atoms with Crippen molar-refractivity contribution in [3.63, 3.8) is 0 Å². The van der Waals surface area contributed by atoms with Gasteiger partial charge in [0.2, 0.25) is 5.91 Å². The predicted octanol–water partition coefficient (Wildman–Crippen LogP) is -0.343. The molecule has 0 spiro atoms. The zero-order valence-corrected chi connectivity index (χ0v) is 13.0. The van der Waals surface area contributed by atoms with Crippen molar-refractivity contribution in [2.24, 2.45) is 5.41 Å². The molecule has 0 fully saturated rings. The largest absolute Gasteiger partial charge is 0.516 e. The van der Waals surface area contributed by atoms with Crippen molar-refractivity contribution in [3.05, 3.63) is 0 Å². The highest BCUT2D eigenvalue weighted by molar-refractivity contribution is 7.90. The number of aliphatic hydroxyl groups is 2. The second kappa shape index (κ2) is 8.45. The Morgan fingerprint density at radius 3 is 2.09 bits per heavy atom. The van der Waals surface area contributed by atoms with Crippen LogP contribution in [-0.2, 0) is 24.3 Å². The number of carbonyl (C=O) groups is 2. The number of esters is 1. The van der Waals surface area contributed by atoms with Crippen LogP contribution in [0, 0.1) is 5.41 Å². The van der Waals surface area contributed by atoms with E-state index in [2.05, 4.69) is 4.74 Å². The lowest BCUT2D eigenvalue weighted by molar-refractivity contribution is -0.162. The van der Waals surface area contributed by atoms with Crippen LogP contribution in [0.25, 0.3) is 0 Å². The minimum atomic E-state index is -5.81. The van der Waals surface area contributed by atoms with Gasteiger partial charge in [-0.1, -0.05) is 13.3 Å². The molecule has 0 saturated heterocycles. The van der Waals surface area contributed by atoms with Gasteiger partial charge in [0.1, 0.15) is 12.0 Å². The van der Waals surface area contributed by atoms with E-state index in [-0.39, 0.29) is 6.42 Å². The number of rotatable bonds is 9. The number of carbonyl (C=O) groups excluding carboxylic acids is 2. The molecule has 3 N–H and O–H groups in total. The molecule has 0 aromatic rings. The molecule has 0 rings (SSSR count). The molecular weight excluding hydrogens is 347 g/mol. The molecule has 23 heavy (non-hydrogen) atoms. The molecule has 0 aliphatic rings. The van der Waals surface area contributed by atoms with Crippen molar-refractivity contribution in [3.8, 4) is 0 Å². The molecule has 0 unspecified atom stereocenters. The first-order chi connectivity index (χ1) is 10.5. The van der Waals surface area contributed by atoms with E-state index in [4.69, 9.17) is 0 Å². The number of nitrogens with one attached hydrogen (secondary N) is 1. The molecule has 0 atom stereocenters. The molecule has 136 valence electrons. The molecule has 0 radical (unpaired) electrons. The van der Waals surface area contributed by atoms with Crippen LogP contribution in [0.15, 0.2) is 0 Å². The molecule has 0 aliphatic carbocycles. The summed E-state index contributed by atoms with van der Waals surface area (Å²) in [5, 5.41) is 18.4. The summed E-state index contributed by atoms with van der Waals surface area (Å²) >= 11 is 0. The Morgan fingerprint density at radius 1 is 1.17 bits per heavy atom. The first-order valence-corrected chi connectivity index (χ1v) is 7.95. The fraction of sp³-hybridized carbons (Fsp3) is 0.818. The van der Waals surface area contributed by atoms with Gasteiger partial charge in [0.25, 0.3) is 0 Å². The van der Waals surface area contributed by atoms with E-state index in [0.717, 1.165) is 4.72 Å². The van der Waals surface area contributed by atoms with Gasteiger partial charge in [0.05, 0.1) is 19.6 Å². The first-order valence-electron chi connectivity index (χ1n) is 6.46. The van der Waals surface area contributed by atoms with E-state index in [9.17, 15) is 41.4 Å². The normalized spacial score (nSPS) is 12.8. The number of amides is 1. The second-order valence-electron chi connectivity index (χ2n) is 4.71. The van der Waals surface area contributed by atoms with E-state index in [1.54, 1.807) is 6.92 Å². The van der Waals surface area contributed by atoms with Gasteiger partial charge in [-0.15, -0.1) is 0 Å². The lowest BCUT2D eigenvalue weighted by Crippen LogP contribution is -2.42. The monoisotopic (exact) mass is 365 g/mol. The maximum Gasteiger partial charge on any atom is 0.516 e. The minimum Gasteiger partial charge on any atom is -0.465 e. The van der Waals surface area contributed by atoms with Crippen LogP contribution in [0.1, 0.15) is 26.2 Å². The van der Waals surface area contributed by atoms with Gasteiger partial charge in [0.15, 0.2) is 0 Å². The number of ether oxygens (including phenoxy) is 1. The van der Waals surface area contributed by atoms with Gasteiger partial charge in [0, 0.05) is 0 Å². The Hall–Kier alpha value is -1.40. The topological polar surface area (TPSA) is 130 Å². The van der Waals surface area contributed by atoms with Gasteiger partial charge in [-0.2, -0.15) is 21.6 Å². The Morgan fingerprint density at radius 2 is 1.70 bits per heavy atom. The molecule has 8 nitrogen and oxygen atoms in total. The highest BCUT2D eigenvalue weighted by atomic mass is 32.2. The average molecular weight is 365 g/mol. The molecule has 0 aromatic carbocycles. The van der Waals surface area contributed by atoms with Crippen molar-refractivity contribution >= 4 is 21.9 Å². The summed E-state index contributed by atoms with van der Waals surface area (Å²) in [4.78, 5) is 22.9. The Balaban J connectivity index is 4.56. The van der Waals surface area contributed by atoms with E-state index in [0.29, 0.717) is 6.42 Å². The predicted molar refractivity (Wildman–Crippen MR) is 70.2 cm³/mol. The quantitative estimate of drug-likeness (QED) is 0.476. The zero-order valence-electron chi connectivity index (χ0n) is 12.2. The van der Waals surface area contributed by atoms with Crippen LogP contribution in [0.4, 0.5) is 13.2 Å². The summed E-state index contributed by atoms with van der Waals surface area (Å²) in [5.41, 5.74) is -7.22. The number of halogens is 3. The van der Waals surface area contributed by atoms with Gasteiger partial charge in [-0.05, 0) is 6.42 Å². The summed E-state index contributed by atoms with van der Waals surface area (Å²) in [6, 6.07) is 0. The zero-order chi connectivity index (χ0) is 18.3. The Labute approximate surface area is 130 Å². The van der Waals surface area contributed by atoms with Crippen molar-refractivity contribution in [1.82, 2.24) is 4.72 Å². The van der Waals surface area contributed by atoms with Gasteiger partial charge in [-0.25, -0.2) is 4.72 Å². The summed E-state index contributed by atoms with van der Waals surface area (Å²) in [5.74, 6) is -2.54. The van der Waals surface area contributed by atoms with Crippen LogP contribution in [-0.4, -0.2) is 55.8 Å². The summed E-state index contributed by atoms with van der Waals surface area (Å²) < 4.78 is 62.8. The maximum absolute atomic E-state index is 12.0. The summed E-state index contributed by atoms with van der Waals surface area (Å²) in [6.07, 6.45) is -0.311. The van der Waals surface area contributed by atoms with E-state index < -0.39 is 59.1 Å². The molecule has 0 aliphatic heterocycles. The molecule has 1 amide bonds. The number of hydrogen-bond donors (Lipinski definition) is 3. The highest BCUT2D eigenvalue weighted by Crippen LogP contribution is 2.25. The molecule has 0 saturated carbocycles. The Kier molecular flexibility index (Phi) is 7.94. The number of alkyl halides is 3.